The van der Waals surface area contributed by atoms with Gasteiger partial charge in [-0.3, -0.25) is 0 Å². The first-order valence-electron chi connectivity index (χ1n) is 6.83. The highest BCUT2D eigenvalue weighted by Crippen LogP contribution is 2.30. The Labute approximate surface area is 135 Å². The fourth-order valence-electron chi connectivity index (χ4n) is 1.86. The number of pyridine rings is 1. The van der Waals surface area contributed by atoms with Crippen LogP contribution in [-0.2, 0) is 0 Å². The van der Waals surface area contributed by atoms with Crippen molar-refractivity contribution in [3.8, 4) is 17.0 Å². The van der Waals surface area contributed by atoms with E-state index in [-0.39, 0.29) is 12.4 Å². The summed E-state index contributed by atoms with van der Waals surface area (Å²) in [5.41, 5.74) is -3.31. The molecule has 5 nitrogen and oxygen atoms in total. The number of nitrogens with zero attached hydrogens (tertiary/aromatic N) is 1. The van der Waals surface area contributed by atoms with Crippen LogP contribution in [0.15, 0.2) is 24.3 Å². The molecule has 0 amide bonds. The van der Waals surface area contributed by atoms with Gasteiger partial charge in [-0.2, -0.15) is 0 Å². The van der Waals surface area contributed by atoms with E-state index in [4.69, 9.17) is 9.84 Å². The topological polar surface area (TPSA) is 79.7 Å². The number of hydrogen-bond donors (Lipinski definition) is 2. The molecule has 0 saturated heterocycles. The maximum Gasteiger partial charge on any atom is 0.354 e. The first-order chi connectivity index (χ1) is 11.1. The average molecular weight is 341 g/mol. The van der Waals surface area contributed by atoms with Gasteiger partial charge in [-0.15, -0.1) is 0 Å². The summed E-state index contributed by atoms with van der Waals surface area (Å²) in [6.07, 6.45) is 0. The molecule has 24 heavy (non-hydrogen) atoms. The Kier molecular flexibility index (Phi) is 4.79. The van der Waals surface area contributed by atoms with Crippen LogP contribution in [0.2, 0.25) is 0 Å². The molecule has 1 heterocycles. The molecular formula is C16H14F3NO4. The molecule has 0 unspecified atom stereocenters. The minimum atomic E-state index is -1.46. The Morgan fingerprint density at radius 3 is 2.25 bits per heavy atom. The van der Waals surface area contributed by atoms with Crippen LogP contribution in [0.1, 0.15) is 24.3 Å². The molecule has 0 aliphatic carbocycles. The zero-order chi connectivity index (χ0) is 18.1. The lowest BCUT2D eigenvalue weighted by Gasteiger charge is -2.18. The number of ether oxygens (including phenoxy) is 1. The second kappa shape index (κ2) is 6.48. The highest BCUT2D eigenvalue weighted by molar-refractivity contribution is 5.86. The van der Waals surface area contributed by atoms with E-state index >= 15 is 0 Å². The largest absolute Gasteiger partial charge is 0.490 e. The van der Waals surface area contributed by atoms with Gasteiger partial charge in [0.15, 0.2) is 0 Å². The predicted molar refractivity (Wildman–Crippen MR) is 78.3 cm³/mol. The lowest BCUT2D eigenvalue weighted by Crippen LogP contribution is -2.27. The first-order valence-corrected chi connectivity index (χ1v) is 6.83. The summed E-state index contributed by atoms with van der Waals surface area (Å²) in [4.78, 5) is 14.3. The number of rotatable bonds is 5. The number of aromatic carboxylic acids is 1. The molecule has 0 bridgehead atoms. The van der Waals surface area contributed by atoms with Crippen LogP contribution in [0.5, 0.6) is 5.75 Å². The molecule has 0 aliphatic rings. The maximum atomic E-state index is 14.2. The summed E-state index contributed by atoms with van der Waals surface area (Å²) >= 11 is 0. The van der Waals surface area contributed by atoms with Gasteiger partial charge in [0.25, 0.3) is 0 Å². The standard InChI is InChI=1S/C16H14F3NO4/c1-16(2,23)7-24-8-5-10(18)13(11(19)6-8)14-9(17)3-4-12(20-14)15(21)22/h3-6,23H,7H2,1-2H3,(H,21,22). The van der Waals surface area contributed by atoms with E-state index in [1.54, 1.807) is 0 Å². The van der Waals surface area contributed by atoms with Crippen LogP contribution in [0.4, 0.5) is 13.2 Å². The Hall–Kier alpha value is -2.61. The number of benzene rings is 1. The average Bonchev–Trinajstić information content (AvgIpc) is 2.45. The number of aliphatic hydroxyl groups is 1. The van der Waals surface area contributed by atoms with Gasteiger partial charge in [0, 0.05) is 12.1 Å². The lowest BCUT2D eigenvalue weighted by molar-refractivity contribution is 0.0282. The monoisotopic (exact) mass is 341 g/mol. The zero-order valence-electron chi connectivity index (χ0n) is 12.8. The van der Waals surface area contributed by atoms with E-state index in [1.165, 1.54) is 13.8 Å². The second-order valence-corrected chi connectivity index (χ2v) is 5.70. The van der Waals surface area contributed by atoms with Crippen LogP contribution in [0.3, 0.4) is 0 Å². The normalized spacial score (nSPS) is 11.4. The highest BCUT2D eigenvalue weighted by Gasteiger charge is 2.21. The van der Waals surface area contributed by atoms with Gasteiger partial charge in [-0.05, 0) is 26.0 Å². The number of carbonyl (C=O) groups is 1. The number of carboxylic acid groups (broad SMARTS) is 1. The van der Waals surface area contributed by atoms with Crippen LogP contribution in [0, 0.1) is 17.5 Å². The van der Waals surface area contributed by atoms with E-state index in [2.05, 4.69) is 4.98 Å². The quantitative estimate of drug-likeness (QED) is 0.874. The van der Waals surface area contributed by atoms with E-state index in [9.17, 15) is 23.1 Å². The van der Waals surface area contributed by atoms with E-state index in [0.29, 0.717) is 0 Å². The summed E-state index contributed by atoms with van der Waals surface area (Å²) in [7, 11) is 0. The van der Waals surface area contributed by atoms with Crippen molar-refractivity contribution in [2.45, 2.75) is 19.4 Å². The van der Waals surface area contributed by atoms with Crippen molar-refractivity contribution in [1.29, 1.82) is 0 Å². The second-order valence-electron chi connectivity index (χ2n) is 5.70. The van der Waals surface area contributed by atoms with Crippen LogP contribution in [0.25, 0.3) is 11.3 Å². The van der Waals surface area contributed by atoms with E-state index < -0.39 is 46.0 Å². The van der Waals surface area contributed by atoms with Crippen molar-refractivity contribution >= 4 is 5.97 Å². The van der Waals surface area contributed by atoms with Crippen molar-refractivity contribution in [2.75, 3.05) is 6.61 Å². The fourth-order valence-corrected chi connectivity index (χ4v) is 1.86. The van der Waals surface area contributed by atoms with Gasteiger partial charge in [0.1, 0.15) is 41.2 Å². The molecule has 0 atom stereocenters. The third kappa shape index (κ3) is 4.02. The predicted octanol–water partition coefficient (Wildman–Crippen LogP) is 3.01. The van der Waals surface area contributed by atoms with Crippen molar-refractivity contribution in [1.82, 2.24) is 4.98 Å². The Morgan fingerprint density at radius 1 is 1.17 bits per heavy atom. The molecule has 0 radical (unpaired) electrons. The Morgan fingerprint density at radius 2 is 1.75 bits per heavy atom. The summed E-state index contributed by atoms with van der Waals surface area (Å²) in [6, 6.07) is 3.26. The zero-order valence-corrected chi connectivity index (χ0v) is 12.8. The highest BCUT2D eigenvalue weighted by atomic mass is 19.1. The molecule has 0 saturated carbocycles. The number of hydrogen-bond acceptors (Lipinski definition) is 4. The third-order valence-electron chi connectivity index (χ3n) is 2.91. The molecule has 0 spiro atoms. The van der Waals surface area contributed by atoms with Crippen LogP contribution in [-0.4, -0.2) is 33.4 Å². The van der Waals surface area contributed by atoms with Crippen molar-refractivity contribution in [3.63, 3.8) is 0 Å². The molecule has 2 rings (SSSR count). The van der Waals surface area contributed by atoms with Gasteiger partial charge in [-0.1, -0.05) is 0 Å². The minimum Gasteiger partial charge on any atom is -0.490 e. The van der Waals surface area contributed by atoms with Gasteiger partial charge < -0.3 is 14.9 Å². The smallest absolute Gasteiger partial charge is 0.354 e. The molecular weight excluding hydrogens is 327 g/mol. The van der Waals surface area contributed by atoms with Crippen molar-refractivity contribution in [3.05, 3.63) is 47.4 Å². The third-order valence-corrected chi connectivity index (χ3v) is 2.91. The number of carboxylic acids is 1. The first kappa shape index (κ1) is 17.7. The molecule has 0 aliphatic heterocycles. The summed E-state index contributed by atoms with van der Waals surface area (Å²) in [5, 5.41) is 18.4. The molecule has 1 aromatic heterocycles. The maximum absolute atomic E-state index is 14.2. The van der Waals surface area contributed by atoms with E-state index in [0.717, 1.165) is 24.3 Å². The molecule has 0 fully saturated rings. The number of aromatic nitrogens is 1. The van der Waals surface area contributed by atoms with Crippen LogP contribution >= 0.6 is 0 Å². The molecule has 2 aromatic rings. The van der Waals surface area contributed by atoms with Crippen molar-refractivity contribution in [2.24, 2.45) is 0 Å². The fraction of sp³-hybridized carbons (Fsp3) is 0.250. The molecule has 2 N–H and O–H groups in total. The van der Waals surface area contributed by atoms with Gasteiger partial charge in [-0.25, -0.2) is 22.9 Å². The van der Waals surface area contributed by atoms with Gasteiger partial charge >= 0.3 is 5.97 Å². The summed E-state index contributed by atoms with van der Waals surface area (Å²) in [6.45, 7) is 2.68. The van der Waals surface area contributed by atoms with Gasteiger partial charge in [0.2, 0.25) is 0 Å². The summed E-state index contributed by atoms with van der Waals surface area (Å²) < 4.78 is 47.3. The molecule has 8 heteroatoms. The molecule has 128 valence electrons. The Bertz CT molecular complexity index is 764. The molecule has 1 aromatic carbocycles. The lowest BCUT2D eigenvalue weighted by atomic mass is 10.1. The summed E-state index contributed by atoms with van der Waals surface area (Å²) in [5.74, 6) is -5.07. The minimum absolute atomic E-state index is 0.203. The SMILES string of the molecule is CC(C)(O)COc1cc(F)c(-c2nc(C(=O)O)ccc2F)c(F)c1. The number of halogens is 3. The van der Waals surface area contributed by atoms with Crippen LogP contribution < -0.4 is 4.74 Å². The van der Waals surface area contributed by atoms with Gasteiger partial charge in [0.05, 0.1) is 11.2 Å². The Balaban J connectivity index is 2.45. The van der Waals surface area contributed by atoms with Crippen molar-refractivity contribution < 1.29 is 32.9 Å². The van der Waals surface area contributed by atoms with E-state index in [1.807, 2.05) is 0 Å².